The molecule has 0 saturated carbocycles. The zero-order valence-corrected chi connectivity index (χ0v) is 18.9. The van der Waals surface area contributed by atoms with Crippen molar-refractivity contribution in [3.8, 4) is 0 Å². The molecule has 4 rings (SSSR count). The van der Waals surface area contributed by atoms with Crippen molar-refractivity contribution in [3.63, 3.8) is 0 Å². The first-order valence-corrected chi connectivity index (χ1v) is 11.9. The highest BCUT2D eigenvalue weighted by Crippen LogP contribution is 2.30. The number of piperazine rings is 1. The summed E-state index contributed by atoms with van der Waals surface area (Å²) in [7, 11) is 0. The first kappa shape index (κ1) is 22.6. The summed E-state index contributed by atoms with van der Waals surface area (Å²) in [6, 6.07) is 9.97. The predicted octanol–water partition coefficient (Wildman–Crippen LogP) is 5.12. The molecule has 0 bridgehead atoms. The van der Waals surface area contributed by atoms with Crippen LogP contribution in [0.5, 0.6) is 0 Å². The van der Waals surface area contributed by atoms with Crippen molar-refractivity contribution in [2.45, 2.75) is 23.7 Å². The molecule has 0 unspecified atom stereocenters. The van der Waals surface area contributed by atoms with E-state index >= 15 is 0 Å². The van der Waals surface area contributed by atoms with Crippen LogP contribution < -0.4 is 4.90 Å². The predicted molar refractivity (Wildman–Crippen MR) is 120 cm³/mol. The van der Waals surface area contributed by atoms with Crippen LogP contribution in [-0.2, 0) is 11.9 Å². The number of rotatable bonds is 5. The Kier molecular flexibility index (Phi) is 6.71. The van der Waals surface area contributed by atoms with Crippen LogP contribution >= 0.6 is 23.1 Å². The van der Waals surface area contributed by atoms with Gasteiger partial charge in [0, 0.05) is 48.4 Å². The Morgan fingerprint density at radius 2 is 1.88 bits per heavy atom. The number of alkyl halides is 3. The third-order valence-electron chi connectivity index (χ3n) is 5.13. The molecule has 0 N–H and O–H groups in total. The molecule has 168 valence electrons. The molecule has 1 aliphatic rings. The van der Waals surface area contributed by atoms with E-state index in [4.69, 9.17) is 0 Å². The van der Waals surface area contributed by atoms with E-state index in [-0.39, 0.29) is 5.91 Å². The van der Waals surface area contributed by atoms with Crippen LogP contribution in [-0.4, -0.2) is 47.0 Å². The van der Waals surface area contributed by atoms with Crippen LogP contribution in [0, 0.1) is 6.92 Å². The van der Waals surface area contributed by atoms with Crippen LogP contribution in [0.3, 0.4) is 0 Å². The summed E-state index contributed by atoms with van der Waals surface area (Å²) < 4.78 is 38.2. The number of anilines is 1. The van der Waals surface area contributed by atoms with E-state index in [9.17, 15) is 18.0 Å². The highest BCUT2D eigenvalue weighted by molar-refractivity contribution is 7.98. The number of hydrogen-bond donors (Lipinski definition) is 0. The Labute approximate surface area is 192 Å². The van der Waals surface area contributed by atoms with Gasteiger partial charge in [-0.05, 0) is 31.2 Å². The Morgan fingerprint density at radius 1 is 1.12 bits per heavy atom. The van der Waals surface area contributed by atoms with Gasteiger partial charge in [0.1, 0.15) is 5.82 Å². The highest BCUT2D eigenvalue weighted by Gasteiger charge is 2.31. The molecule has 2 aromatic heterocycles. The minimum Gasteiger partial charge on any atom is -0.353 e. The first-order chi connectivity index (χ1) is 15.3. The number of nitrogens with zero attached hydrogens (tertiary/aromatic N) is 4. The minimum atomic E-state index is -4.40. The van der Waals surface area contributed by atoms with E-state index in [0.717, 1.165) is 27.9 Å². The number of aryl methyl sites for hydroxylation is 1. The molecule has 0 aliphatic carbocycles. The highest BCUT2D eigenvalue weighted by atomic mass is 32.2. The molecule has 3 heterocycles. The van der Waals surface area contributed by atoms with E-state index in [2.05, 4.69) is 9.97 Å². The van der Waals surface area contributed by atoms with Crippen LogP contribution in [0.15, 0.2) is 52.9 Å². The molecule has 10 heteroatoms. The number of carbonyl (C=O) groups excluding carboxylic acids is 1. The van der Waals surface area contributed by atoms with Gasteiger partial charge in [-0.1, -0.05) is 12.1 Å². The van der Waals surface area contributed by atoms with E-state index in [0.29, 0.717) is 43.3 Å². The molecular weight excluding hydrogens is 457 g/mol. The Morgan fingerprint density at radius 3 is 2.50 bits per heavy atom. The molecule has 0 spiro atoms. The van der Waals surface area contributed by atoms with Crippen molar-refractivity contribution >= 4 is 34.8 Å². The summed E-state index contributed by atoms with van der Waals surface area (Å²) in [6.45, 7) is 3.95. The summed E-state index contributed by atoms with van der Waals surface area (Å²) in [6.07, 6.45) is -3.55. The molecule has 1 fully saturated rings. The number of hydrogen-bond acceptors (Lipinski definition) is 6. The number of thiazole rings is 1. The molecule has 0 radical (unpaired) electrons. The molecule has 1 aromatic carbocycles. The number of carbonyl (C=O) groups is 1. The maximum absolute atomic E-state index is 13.2. The number of aromatic nitrogens is 2. The summed E-state index contributed by atoms with van der Waals surface area (Å²) in [5.41, 5.74) is 0.889. The lowest BCUT2D eigenvalue weighted by molar-refractivity contribution is -0.137. The zero-order chi connectivity index (χ0) is 22.7. The third kappa shape index (κ3) is 5.24. The van der Waals surface area contributed by atoms with Crippen molar-refractivity contribution < 1.29 is 18.0 Å². The summed E-state index contributed by atoms with van der Waals surface area (Å²) in [5, 5.41) is 3.05. The van der Waals surface area contributed by atoms with E-state index in [1.807, 2.05) is 41.5 Å². The molecule has 5 nitrogen and oxygen atoms in total. The second-order valence-corrected chi connectivity index (χ2v) is 9.40. The van der Waals surface area contributed by atoms with Crippen molar-refractivity contribution in [1.29, 1.82) is 0 Å². The van der Waals surface area contributed by atoms with Crippen LogP contribution in [0.2, 0.25) is 0 Å². The lowest BCUT2D eigenvalue weighted by Gasteiger charge is -2.35. The van der Waals surface area contributed by atoms with Crippen molar-refractivity contribution in [2.75, 3.05) is 31.1 Å². The largest absolute Gasteiger partial charge is 0.417 e. The monoisotopic (exact) mass is 478 g/mol. The van der Waals surface area contributed by atoms with Gasteiger partial charge in [0.25, 0.3) is 5.91 Å². The van der Waals surface area contributed by atoms with E-state index in [1.54, 1.807) is 28.0 Å². The molecule has 0 atom stereocenters. The average molecular weight is 479 g/mol. The second kappa shape index (κ2) is 9.50. The Balaban J connectivity index is 1.38. The third-order valence-corrected chi connectivity index (χ3v) is 7.06. The van der Waals surface area contributed by atoms with Crippen LogP contribution in [0.1, 0.15) is 26.6 Å². The Bertz CT molecular complexity index is 1080. The minimum absolute atomic E-state index is 0.0393. The number of amides is 1. The standard InChI is InChI=1S/C22H21F3N4OS2/c1-15-27-17(13-31-15)14-32-19-5-3-2-4-18(19)21(30)29-10-8-28(9-11-29)20-7-6-16(12-26-20)22(23,24)25/h2-7,12-13H,8-11,14H2,1H3. The molecule has 32 heavy (non-hydrogen) atoms. The number of halogens is 3. The van der Waals surface area contributed by atoms with Crippen molar-refractivity contribution in [3.05, 3.63) is 69.8 Å². The van der Waals surface area contributed by atoms with Gasteiger partial charge in [0.15, 0.2) is 0 Å². The maximum Gasteiger partial charge on any atom is 0.417 e. The van der Waals surface area contributed by atoms with E-state index in [1.165, 1.54) is 6.07 Å². The SMILES string of the molecule is Cc1nc(CSc2ccccc2C(=O)N2CCN(c3ccc(C(F)(F)F)cn3)CC2)cs1. The van der Waals surface area contributed by atoms with Crippen LogP contribution in [0.25, 0.3) is 0 Å². The fourth-order valence-electron chi connectivity index (χ4n) is 3.45. The zero-order valence-electron chi connectivity index (χ0n) is 17.3. The smallest absolute Gasteiger partial charge is 0.353 e. The van der Waals surface area contributed by atoms with Gasteiger partial charge in [-0.15, -0.1) is 23.1 Å². The van der Waals surface area contributed by atoms with Gasteiger partial charge in [-0.3, -0.25) is 4.79 Å². The van der Waals surface area contributed by atoms with E-state index < -0.39 is 11.7 Å². The maximum atomic E-state index is 13.2. The fourth-order valence-corrected chi connectivity index (χ4v) is 5.10. The molecule has 1 aliphatic heterocycles. The van der Waals surface area contributed by atoms with Gasteiger partial charge in [0.05, 0.1) is 21.8 Å². The summed E-state index contributed by atoms with van der Waals surface area (Å²) in [5.74, 6) is 1.14. The van der Waals surface area contributed by atoms with Gasteiger partial charge < -0.3 is 9.80 Å². The molecular formula is C22H21F3N4OS2. The summed E-state index contributed by atoms with van der Waals surface area (Å²) >= 11 is 3.20. The normalized spacial score (nSPS) is 14.6. The Hall–Kier alpha value is -2.59. The topological polar surface area (TPSA) is 49.3 Å². The average Bonchev–Trinajstić information content (AvgIpc) is 3.22. The molecule has 1 saturated heterocycles. The number of benzene rings is 1. The van der Waals surface area contributed by atoms with Gasteiger partial charge in [0.2, 0.25) is 0 Å². The number of thioether (sulfide) groups is 1. The second-order valence-electron chi connectivity index (χ2n) is 7.32. The van der Waals surface area contributed by atoms with Crippen molar-refractivity contribution in [1.82, 2.24) is 14.9 Å². The first-order valence-electron chi connectivity index (χ1n) is 10.0. The van der Waals surface area contributed by atoms with Gasteiger partial charge in [-0.2, -0.15) is 13.2 Å². The van der Waals surface area contributed by atoms with Gasteiger partial charge >= 0.3 is 6.18 Å². The quantitative estimate of drug-likeness (QED) is 0.477. The van der Waals surface area contributed by atoms with Gasteiger partial charge in [-0.25, -0.2) is 9.97 Å². The number of pyridine rings is 1. The molecule has 3 aromatic rings. The lowest BCUT2D eigenvalue weighted by Crippen LogP contribution is -2.49. The fraction of sp³-hybridized carbons (Fsp3) is 0.318. The molecule has 1 amide bonds. The lowest BCUT2D eigenvalue weighted by atomic mass is 10.1. The summed E-state index contributed by atoms with van der Waals surface area (Å²) in [4.78, 5) is 26.2. The van der Waals surface area contributed by atoms with Crippen LogP contribution in [0.4, 0.5) is 19.0 Å². The van der Waals surface area contributed by atoms with Crippen molar-refractivity contribution in [2.24, 2.45) is 0 Å².